The summed E-state index contributed by atoms with van der Waals surface area (Å²) in [6, 6.07) is 0. The van der Waals surface area contributed by atoms with Crippen LogP contribution in [0.1, 0.15) is 26.2 Å². The Labute approximate surface area is 93.5 Å². The van der Waals surface area contributed by atoms with Crippen LogP contribution < -0.4 is 0 Å². The molecule has 0 radical (unpaired) electrons. The van der Waals surface area contributed by atoms with E-state index >= 15 is 0 Å². The van der Waals surface area contributed by atoms with Crippen LogP contribution in [0.2, 0.25) is 0 Å². The molecule has 1 fully saturated rings. The number of hydrogen-bond acceptors (Lipinski definition) is 5. The molecule has 4 N–H and O–H groups in total. The first kappa shape index (κ1) is 13.4. The van der Waals surface area contributed by atoms with Crippen LogP contribution in [0.25, 0.3) is 0 Å². The second-order valence-corrected chi connectivity index (χ2v) is 4.37. The van der Waals surface area contributed by atoms with Gasteiger partial charge in [-0.2, -0.15) is 0 Å². The van der Waals surface area contributed by atoms with Crippen LogP contribution in [0.4, 0.5) is 0 Å². The summed E-state index contributed by atoms with van der Waals surface area (Å²) in [6.45, 7) is 1.16. The molecule has 6 heteroatoms. The van der Waals surface area contributed by atoms with Crippen molar-refractivity contribution in [2.75, 3.05) is 6.61 Å². The molecule has 0 bridgehead atoms. The summed E-state index contributed by atoms with van der Waals surface area (Å²) in [5.74, 6) is -1.16. The Kier molecular flexibility index (Phi) is 4.26. The van der Waals surface area contributed by atoms with Gasteiger partial charge in [-0.3, -0.25) is 0 Å². The largest absolute Gasteiger partial charge is 0.479 e. The summed E-state index contributed by atoms with van der Waals surface area (Å²) < 4.78 is 5.30. The molecule has 0 aromatic carbocycles. The Morgan fingerprint density at radius 2 is 2.25 bits per heavy atom. The third-order valence-corrected chi connectivity index (χ3v) is 2.85. The highest BCUT2D eigenvalue weighted by Crippen LogP contribution is 2.31. The zero-order valence-electron chi connectivity index (χ0n) is 9.17. The Hall–Kier alpha value is -0.690. The summed E-state index contributed by atoms with van der Waals surface area (Å²) in [5.41, 5.74) is -1.47. The number of aliphatic carboxylic acids is 1. The molecule has 6 nitrogen and oxygen atoms in total. The van der Waals surface area contributed by atoms with Crippen LogP contribution in [0, 0.1) is 0 Å². The van der Waals surface area contributed by atoms with E-state index in [2.05, 4.69) is 0 Å². The minimum absolute atomic E-state index is 0.00464. The molecule has 0 saturated carbocycles. The first-order valence-electron chi connectivity index (χ1n) is 5.27. The molecular weight excluding hydrogens is 216 g/mol. The molecule has 4 atom stereocenters. The fourth-order valence-electron chi connectivity index (χ4n) is 1.92. The van der Waals surface area contributed by atoms with E-state index in [1.807, 2.05) is 0 Å². The smallest absolute Gasteiger partial charge is 0.335 e. The number of carboxylic acids is 1. The molecule has 0 aromatic rings. The number of carbonyl (C=O) groups is 1. The number of carboxylic acid groups (broad SMARTS) is 1. The van der Waals surface area contributed by atoms with Crippen molar-refractivity contribution in [1.82, 2.24) is 0 Å². The molecule has 1 rings (SSSR count). The maximum atomic E-state index is 11.0. The van der Waals surface area contributed by atoms with Gasteiger partial charge in [0.2, 0.25) is 0 Å². The van der Waals surface area contributed by atoms with Gasteiger partial charge in [-0.1, -0.05) is 0 Å². The summed E-state index contributed by atoms with van der Waals surface area (Å²) in [5, 5.41) is 36.8. The standard InChI is InChI=1S/C10H18O6/c1-10(9(14)15)5-6(12)4-8(16-10)7(13)2-3-11/h6-8,11-13H,2-5H2,1H3,(H,14,15)/t6-,7-,8?,10-/m1/s1. The molecule has 1 aliphatic rings. The first-order valence-corrected chi connectivity index (χ1v) is 5.27. The lowest BCUT2D eigenvalue weighted by Gasteiger charge is -2.39. The van der Waals surface area contributed by atoms with Gasteiger partial charge in [0.05, 0.1) is 18.3 Å². The topological polar surface area (TPSA) is 107 Å². The maximum absolute atomic E-state index is 11.0. The van der Waals surface area contributed by atoms with Crippen molar-refractivity contribution < 1.29 is 30.0 Å². The fraction of sp³-hybridized carbons (Fsp3) is 0.900. The van der Waals surface area contributed by atoms with Crippen LogP contribution in [0.15, 0.2) is 0 Å². The molecule has 0 aromatic heterocycles. The van der Waals surface area contributed by atoms with Crippen LogP contribution in [0.3, 0.4) is 0 Å². The van der Waals surface area contributed by atoms with Crippen molar-refractivity contribution in [3.8, 4) is 0 Å². The first-order chi connectivity index (χ1) is 7.39. The van der Waals surface area contributed by atoms with Gasteiger partial charge in [-0.05, 0) is 13.3 Å². The highest BCUT2D eigenvalue weighted by atomic mass is 16.5. The third kappa shape index (κ3) is 2.91. The lowest BCUT2D eigenvalue weighted by atomic mass is 9.89. The zero-order chi connectivity index (χ0) is 12.3. The van der Waals surface area contributed by atoms with E-state index in [0.29, 0.717) is 0 Å². The Bertz CT molecular complexity index is 256. The number of aliphatic hydroxyl groups is 3. The molecule has 1 unspecified atom stereocenters. The molecule has 16 heavy (non-hydrogen) atoms. The Morgan fingerprint density at radius 3 is 2.75 bits per heavy atom. The molecule has 1 aliphatic heterocycles. The number of rotatable bonds is 4. The third-order valence-electron chi connectivity index (χ3n) is 2.85. The monoisotopic (exact) mass is 234 g/mol. The summed E-state index contributed by atoms with van der Waals surface area (Å²) in [4.78, 5) is 11.0. The molecular formula is C10H18O6. The van der Waals surface area contributed by atoms with Crippen LogP contribution >= 0.6 is 0 Å². The predicted molar refractivity (Wildman–Crippen MR) is 53.9 cm³/mol. The van der Waals surface area contributed by atoms with Crippen LogP contribution in [-0.4, -0.2) is 56.9 Å². The van der Waals surface area contributed by atoms with Gasteiger partial charge in [0.15, 0.2) is 5.60 Å². The van der Waals surface area contributed by atoms with E-state index in [-0.39, 0.29) is 25.9 Å². The van der Waals surface area contributed by atoms with Crippen molar-refractivity contribution in [2.45, 2.75) is 50.1 Å². The average Bonchev–Trinajstić information content (AvgIpc) is 2.16. The SMILES string of the molecule is C[C@]1(C(=O)O)C[C@H](O)CC([C@H](O)CCO)O1. The van der Waals surface area contributed by atoms with E-state index in [9.17, 15) is 15.0 Å². The van der Waals surface area contributed by atoms with E-state index in [1.54, 1.807) is 0 Å². The Balaban J connectivity index is 2.71. The minimum Gasteiger partial charge on any atom is -0.479 e. The Morgan fingerprint density at radius 1 is 1.62 bits per heavy atom. The van der Waals surface area contributed by atoms with Gasteiger partial charge in [-0.25, -0.2) is 4.79 Å². The normalized spacial score (nSPS) is 37.0. The number of aliphatic hydroxyl groups excluding tert-OH is 3. The fourth-order valence-corrected chi connectivity index (χ4v) is 1.92. The van der Waals surface area contributed by atoms with Gasteiger partial charge in [0.25, 0.3) is 0 Å². The van der Waals surface area contributed by atoms with E-state index in [4.69, 9.17) is 14.9 Å². The van der Waals surface area contributed by atoms with Gasteiger partial charge in [0, 0.05) is 19.4 Å². The molecule has 1 saturated heterocycles. The molecule has 0 amide bonds. The van der Waals surface area contributed by atoms with E-state index in [1.165, 1.54) is 6.92 Å². The maximum Gasteiger partial charge on any atom is 0.335 e. The van der Waals surface area contributed by atoms with E-state index < -0.39 is 29.9 Å². The van der Waals surface area contributed by atoms with Gasteiger partial charge in [-0.15, -0.1) is 0 Å². The highest BCUT2D eigenvalue weighted by Gasteiger charge is 2.45. The minimum atomic E-state index is -1.47. The number of hydrogen-bond donors (Lipinski definition) is 4. The summed E-state index contributed by atoms with van der Waals surface area (Å²) in [6.07, 6.45) is -2.23. The van der Waals surface area contributed by atoms with E-state index in [0.717, 1.165) is 0 Å². The molecule has 0 aliphatic carbocycles. The quantitative estimate of drug-likeness (QED) is 0.503. The van der Waals surface area contributed by atoms with Crippen molar-refractivity contribution in [1.29, 1.82) is 0 Å². The van der Waals surface area contributed by atoms with Crippen molar-refractivity contribution in [3.05, 3.63) is 0 Å². The second-order valence-electron chi connectivity index (χ2n) is 4.37. The van der Waals surface area contributed by atoms with Gasteiger partial charge >= 0.3 is 5.97 Å². The lowest BCUT2D eigenvalue weighted by molar-refractivity contribution is -0.206. The van der Waals surface area contributed by atoms with Crippen molar-refractivity contribution >= 4 is 5.97 Å². The molecule has 0 spiro atoms. The van der Waals surface area contributed by atoms with Crippen molar-refractivity contribution in [3.63, 3.8) is 0 Å². The van der Waals surface area contributed by atoms with Gasteiger partial charge in [0.1, 0.15) is 0 Å². The van der Waals surface area contributed by atoms with Gasteiger partial charge < -0.3 is 25.2 Å². The molecule has 94 valence electrons. The number of ether oxygens (including phenoxy) is 1. The van der Waals surface area contributed by atoms with Crippen LogP contribution in [0.5, 0.6) is 0 Å². The molecule has 1 heterocycles. The summed E-state index contributed by atoms with van der Waals surface area (Å²) >= 11 is 0. The summed E-state index contributed by atoms with van der Waals surface area (Å²) in [7, 11) is 0. The van der Waals surface area contributed by atoms with Crippen molar-refractivity contribution in [2.24, 2.45) is 0 Å². The average molecular weight is 234 g/mol. The lowest BCUT2D eigenvalue weighted by Crippen LogP contribution is -2.52. The highest BCUT2D eigenvalue weighted by molar-refractivity contribution is 5.77. The second kappa shape index (κ2) is 5.09. The predicted octanol–water partition coefficient (Wildman–Crippen LogP) is -0.887. The zero-order valence-corrected chi connectivity index (χ0v) is 9.17. The van der Waals surface area contributed by atoms with Crippen LogP contribution in [-0.2, 0) is 9.53 Å².